The van der Waals surface area contributed by atoms with Crippen LogP contribution in [0.15, 0.2) is 48.5 Å². The molecule has 5 rings (SSSR count). The number of nitrogens with zero attached hydrogens (tertiary/aromatic N) is 5. The second-order valence-electron chi connectivity index (χ2n) is 7.66. The van der Waals surface area contributed by atoms with Crippen molar-refractivity contribution in [1.82, 2.24) is 24.5 Å². The molecule has 0 aliphatic carbocycles. The predicted molar refractivity (Wildman–Crippen MR) is 121 cm³/mol. The number of hydrogen-bond acceptors (Lipinski definition) is 7. The van der Waals surface area contributed by atoms with E-state index in [9.17, 15) is 4.79 Å². The molecule has 32 heavy (non-hydrogen) atoms. The summed E-state index contributed by atoms with van der Waals surface area (Å²) in [5, 5.41) is 8.85. The number of amides is 1. The molecule has 1 atom stereocenters. The quantitative estimate of drug-likeness (QED) is 0.518. The largest absolute Gasteiger partial charge is 0.497 e. The number of hydrogen-bond donors (Lipinski definition) is 1. The monoisotopic (exact) mass is 432 g/mol. The highest BCUT2D eigenvalue weighted by Gasteiger charge is 2.24. The van der Waals surface area contributed by atoms with Crippen molar-refractivity contribution in [3.05, 3.63) is 48.5 Å². The third-order valence-corrected chi connectivity index (χ3v) is 5.57. The number of anilines is 1. The summed E-state index contributed by atoms with van der Waals surface area (Å²) >= 11 is 0. The fraction of sp³-hybridized carbons (Fsp3) is 0.304. The fourth-order valence-corrected chi connectivity index (χ4v) is 3.82. The Morgan fingerprint density at radius 1 is 1.09 bits per heavy atom. The molecule has 1 aliphatic rings. The first kappa shape index (κ1) is 20.2. The van der Waals surface area contributed by atoms with E-state index in [4.69, 9.17) is 24.5 Å². The van der Waals surface area contributed by atoms with Gasteiger partial charge in [0.15, 0.2) is 11.5 Å². The van der Waals surface area contributed by atoms with Gasteiger partial charge in [-0.15, -0.1) is 5.10 Å². The Morgan fingerprint density at radius 2 is 1.84 bits per heavy atom. The minimum Gasteiger partial charge on any atom is -0.497 e. The van der Waals surface area contributed by atoms with Crippen molar-refractivity contribution in [3.63, 3.8) is 0 Å². The highest BCUT2D eigenvalue weighted by atomic mass is 16.5. The number of morpholine rings is 1. The standard InChI is InChI=1S/C23H24N6O3/c1-15(22(30)28-11-13-32-14-12-28)24-23-25-19-6-4-3-5-18(19)21-26-20(27-29(21)23)16-7-9-17(31-2)10-8-16/h3-10,15H,11-14H2,1-2H3,(H,24,25)/t15-/m1/s1. The van der Waals surface area contributed by atoms with E-state index < -0.39 is 6.04 Å². The lowest BCUT2D eigenvalue weighted by molar-refractivity contribution is -0.135. The smallest absolute Gasteiger partial charge is 0.245 e. The van der Waals surface area contributed by atoms with E-state index in [1.807, 2.05) is 60.4 Å². The van der Waals surface area contributed by atoms with Gasteiger partial charge in [-0.1, -0.05) is 12.1 Å². The molecule has 2 aromatic heterocycles. The summed E-state index contributed by atoms with van der Waals surface area (Å²) in [6, 6.07) is 14.9. The molecule has 1 saturated heterocycles. The Labute approximate surface area is 185 Å². The normalized spacial score (nSPS) is 15.1. The first-order valence-electron chi connectivity index (χ1n) is 10.6. The van der Waals surface area contributed by atoms with Gasteiger partial charge in [0.25, 0.3) is 0 Å². The van der Waals surface area contributed by atoms with Crippen molar-refractivity contribution in [1.29, 1.82) is 0 Å². The molecule has 4 aromatic rings. The Balaban J connectivity index is 1.54. The van der Waals surface area contributed by atoms with Crippen LogP contribution in [0.2, 0.25) is 0 Å². The Hall–Kier alpha value is -3.72. The number of aromatic nitrogens is 4. The van der Waals surface area contributed by atoms with E-state index in [0.717, 1.165) is 22.2 Å². The van der Waals surface area contributed by atoms with E-state index in [-0.39, 0.29) is 5.91 Å². The van der Waals surface area contributed by atoms with Gasteiger partial charge in [0.2, 0.25) is 11.9 Å². The highest BCUT2D eigenvalue weighted by molar-refractivity contribution is 5.93. The number of fused-ring (bicyclic) bond motifs is 3. The summed E-state index contributed by atoms with van der Waals surface area (Å²) in [7, 11) is 1.63. The van der Waals surface area contributed by atoms with Crippen molar-refractivity contribution in [2.24, 2.45) is 0 Å². The molecule has 164 valence electrons. The van der Waals surface area contributed by atoms with Crippen molar-refractivity contribution < 1.29 is 14.3 Å². The number of rotatable bonds is 5. The first-order valence-corrected chi connectivity index (χ1v) is 10.6. The number of nitrogens with one attached hydrogen (secondary N) is 1. The Morgan fingerprint density at radius 3 is 2.59 bits per heavy atom. The van der Waals surface area contributed by atoms with Gasteiger partial charge in [-0.3, -0.25) is 4.79 Å². The van der Waals surface area contributed by atoms with E-state index in [1.165, 1.54) is 0 Å². The van der Waals surface area contributed by atoms with Crippen molar-refractivity contribution in [2.45, 2.75) is 13.0 Å². The zero-order chi connectivity index (χ0) is 22.1. The van der Waals surface area contributed by atoms with E-state index in [0.29, 0.717) is 43.7 Å². The number of ether oxygens (including phenoxy) is 2. The second kappa shape index (κ2) is 8.43. The molecule has 0 unspecified atom stereocenters. The maximum atomic E-state index is 12.9. The molecule has 0 bridgehead atoms. The lowest BCUT2D eigenvalue weighted by Gasteiger charge is -2.29. The molecular formula is C23H24N6O3. The van der Waals surface area contributed by atoms with Crippen LogP contribution < -0.4 is 10.1 Å². The van der Waals surface area contributed by atoms with Crippen LogP contribution >= 0.6 is 0 Å². The maximum Gasteiger partial charge on any atom is 0.245 e. The average molecular weight is 432 g/mol. The molecule has 0 radical (unpaired) electrons. The molecule has 1 aliphatic heterocycles. The maximum absolute atomic E-state index is 12.9. The van der Waals surface area contributed by atoms with E-state index in [1.54, 1.807) is 11.6 Å². The van der Waals surface area contributed by atoms with Gasteiger partial charge >= 0.3 is 0 Å². The van der Waals surface area contributed by atoms with Gasteiger partial charge in [0, 0.05) is 24.0 Å². The van der Waals surface area contributed by atoms with E-state index >= 15 is 0 Å². The molecule has 1 fully saturated rings. The molecule has 1 N–H and O–H groups in total. The van der Waals surface area contributed by atoms with Crippen LogP contribution in [0.3, 0.4) is 0 Å². The summed E-state index contributed by atoms with van der Waals surface area (Å²) in [6.45, 7) is 4.14. The second-order valence-corrected chi connectivity index (χ2v) is 7.66. The molecule has 3 heterocycles. The number of carbonyl (C=O) groups excluding carboxylic acids is 1. The van der Waals surface area contributed by atoms with Crippen LogP contribution in [-0.4, -0.2) is 69.8 Å². The number of benzene rings is 2. The molecule has 2 aromatic carbocycles. The summed E-state index contributed by atoms with van der Waals surface area (Å²) in [4.78, 5) is 24.2. The van der Waals surface area contributed by atoms with Gasteiger partial charge in [-0.25, -0.2) is 9.97 Å². The Kier molecular flexibility index (Phi) is 5.32. The van der Waals surface area contributed by atoms with Gasteiger partial charge < -0.3 is 19.7 Å². The lowest BCUT2D eigenvalue weighted by Crippen LogP contribution is -2.47. The van der Waals surface area contributed by atoms with Gasteiger partial charge in [0.1, 0.15) is 11.8 Å². The number of methoxy groups -OCH3 is 1. The van der Waals surface area contributed by atoms with Crippen LogP contribution in [0.5, 0.6) is 5.75 Å². The van der Waals surface area contributed by atoms with Crippen LogP contribution in [0, 0.1) is 0 Å². The summed E-state index contributed by atoms with van der Waals surface area (Å²) < 4.78 is 12.3. The van der Waals surface area contributed by atoms with Crippen molar-refractivity contribution in [3.8, 4) is 17.1 Å². The molecule has 9 nitrogen and oxygen atoms in total. The van der Waals surface area contributed by atoms with Crippen molar-refractivity contribution in [2.75, 3.05) is 38.7 Å². The highest BCUT2D eigenvalue weighted by Crippen LogP contribution is 2.25. The van der Waals surface area contributed by atoms with Crippen LogP contribution in [0.4, 0.5) is 5.95 Å². The third kappa shape index (κ3) is 3.71. The molecule has 9 heteroatoms. The summed E-state index contributed by atoms with van der Waals surface area (Å²) in [5.74, 6) is 1.82. The first-order chi connectivity index (χ1) is 15.6. The van der Waals surface area contributed by atoms with Crippen LogP contribution in [-0.2, 0) is 9.53 Å². The fourth-order valence-electron chi connectivity index (χ4n) is 3.82. The number of carbonyl (C=O) groups is 1. The van der Waals surface area contributed by atoms with E-state index in [2.05, 4.69) is 5.32 Å². The van der Waals surface area contributed by atoms with Crippen molar-refractivity contribution >= 4 is 28.4 Å². The minimum absolute atomic E-state index is 0.00639. The zero-order valence-corrected chi connectivity index (χ0v) is 18.0. The average Bonchev–Trinajstić information content (AvgIpc) is 3.30. The van der Waals surface area contributed by atoms with Gasteiger partial charge in [-0.05, 0) is 43.3 Å². The lowest BCUT2D eigenvalue weighted by atomic mass is 10.2. The van der Waals surface area contributed by atoms with Gasteiger partial charge in [0.05, 0.1) is 25.8 Å². The molecule has 0 spiro atoms. The summed E-state index contributed by atoms with van der Waals surface area (Å²) in [5.41, 5.74) is 2.32. The topological polar surface area (TPSA) is 93.9 Å². The molecule has 1 amide bonds. The van der Waals surface area contributed by atoms with Crippen LogP contribution in [0.1, 0.15) is 6.92 Å². The third-order valence-electron chi connectivity index (χ3n) is 5.57. The minimum atomic E-state index is -0.474. The number of para-hydroxylation sites is 1. The zero-order valence-electron chi connectivity index (χ0n) is 18.0. The van der Waals surface area contributed by atoms with Gasteiger partial charge in [-0.2, -0.15) is 4.52 Å². The predicted octanol–water partition coefficient (Wildman–Crippen LogP) is 2.61. The molecule has 0 saturated carbocycles. The molecular weight excluding hydrogens is 408 g/mol. The summed E-state index contributed by atoms with van der Waals surface area (Å²) in [6.07, 6.45) is 0. The van der Waals surface area contributed by atoms with Crippen LogP contribution in [0.25, 0.3) is 27.9 Å². The SMILES string of the molecule is COc1ccc(-c2nc3c4ccccc4nc(N[C@H](C)C(=O)N4CCOCC4)n3n2)cc1. The Bertz CT molecular complexity index is 1260.